The van der Waals surface area contributed by atoms with E-state index in [-0.39, 0.29) is 19.9 Å². The maximum Gasteiger partial charge on any atom is 0.416 e. The van der Waals surface area contributed by atoms with Gasteiger partial charge in [-0.15, -0.1) is 0 Å². The lowest BCUT2D eigenvalue weighted by molar-refractivity contribution is -0.137. The molecule has 3 aromatic carbocycles. The first-order valence-corrected chi connectivity index (χ1v) is 12.6. The number of rotatable bonds is 7. The van der Waals surface area contributed by atoms with Gasteiger partial charge in [0.1, 0.15) is 0 Å². The molecule has 0 bridgehead atoms. The predicted molar refractivity (Wildman–Crippen MR) is 133 cm³/mol. The molecule has 192 valence electrons. The van der Waals surface area contributed by atoms with Gasteiger partial charge in [0.05, 0.1) is 35.3 Å². The van der Waals surface area contributed by atoms with Crippen molar-refractivity contribution in [3.63, 3.8) is 0 Å². The summed E-state index contributed by atoms with van der Waals surface area (Å²) in [4.78, 5) is 17.0. The Morgan fingerprint density at radius 2 is 1.84 bits per heavy atom. The number of carbonyl (C=O) groups excluding carboxylic acids is 1. The highest BCUT2D eigenvalue weighted by Crippen LogP contribution is 2.39. The van der Waals surface area contributed by atoms with Gasteiger partial charge < -0.3 is 18.8 Å². The van der Waals surface area contributed by atoms with Crippen LogP contribution in [-0.2, 0) is 23.2 Å². The average molecular weight is 549 g/mol. The molecule has 1 aliphatic rings. The minimum Gasteiger partial charge on any atom is -0.462 e. The summed E-state index contributed by atoms with van der Waals surface area (Å²) >= 11 is 7.85. The van der Waals surface area contributed by atoms with E-state index in [1.54, 1.807) is 31.2 Å². The van der Waals surface area contributed by atoms with E-state index in [0.717, 1.165) is 23.2 Å². The normalized spacial score (nSPS) is 12.8. The van der Waals surface area contributed by atoms with Crippen molar-refractivity contribution in [3.05, 3.63) is 81.9 Å². The number of hydrogen-bond donors (Lipinski definition) is 0. The van der Waals surface area contributed by atoms with Crippen molar-refractivity contribution in [2.24, 2.45) is 0 Å². The van der Waals surface area contributed by atoms with Crippen molar-refractivity contribution in [3.8, 4) is 11.5 Å². The van der Waals surface area contributed by atoms with E-state index < -0.39 is 17.7 Å². The summed E-state index contributed by atoms with van der Waals surface area (Å²) < 4.78 is 56.9. The maximum absolute atomic E-state index is 13.0. The average Bonchev–Trinajstić information content (AvgIpc) is 3.46. The lowest BCUT2D eigenvalue weighted by Crippen LogP contribution is -2.06. The molecule has 0 unspecified atom stereocenters. The molecule has 6 nitrogen and oxygen atoms in total. The van der Waals surface area contributed by atoms with Crippen LogP contribution >= 0.6 is 23.4 Å². The van der Waals surface area contributed by atoms with Crippen molar-refractivity contribution in [2.45, 2.75) is 30.6 Å². The molecule has 0 radical (unpaired) electrons. The number of thioether (sulfide) groups is 1. The summed E-state index contributed by atoms with van der Waals surface area (Å²) in [6.45, 7) is 2.39. The second kappa shape index (κ2) is 10.2. The standard InChI is InChI=1S/C26H20ClF3N2O4S/c1-2-34-24(33)16-5-8-21-20(9-16)31-25(32(21)12-15-3-6-18(7-4-15)26(28,29)30)37-13-17-10-22-23(11-19(17)27)36-14-35-22/h3-11H,2,12-14H2,1H3. The van der Waals surface area contributed by atoms with Gasteiger partial charge in [0.2, 0.25) is 6.79 Å². The monoisotopic (exact) mass is 548 g/mol. The third kappa shape index (κ3) is 5.35. The van der Waals surface area contributed by atoms with Gasteiger partial charge in [0.25, 0.3) is 0 Å². The molecular formula is C26H20ClF3N2O4S. The Morgan fingerprint density at radius 3 is 2.54 bits per heavy atom. The summed E-state index contributed by atoms with van der Waals surface area (Å²) in [6.07, 6.45) is -4.41. The van der Waals surface area contributed by atoms with Gasteiger partial charge in [-0.1, -0.05) is 35.5 Å². The van der Waals surface area contributed by atoms with Gasteiger partial charge in [0, 0.05) is 16.8 Å². The quantitative estimate of drug-likeness (QED) is 0.184. The number of halogens is 4. The lowest BCUT2D eigenvalue weighted by atomic mass is 10.1. The third-order valence-corrected chi connectivity index (χ3v) is 7.12. The zero-order valence-electron chi connectivity index (χ0n) is 19.5. The maximum atomic E-state index is 13.0. The molecule has 2 heterocycles. The van der Waals surface area contributed by atoms with Crippen molar-refractivity contribution in [1.82, 2.24) is 9.55 Å². The number of aromatic nitrogens is 2. The SMILES string of the molecule is CCOC(=O)c1ccc2c(c1)nc(SCc1cc3c(cc1Cl)OCO3)n2Cc1ccc(C(F)(F)F)cc1. The molecule has 4 aromatic rings. The largest absolute Gasteiger partial charge is 0.462 e. The molecule has 0 saturated heterocycles. The van der Waals surface area contributed by atoms with Crippen molar-refractivity contribution < 1.29 is 32.2 Å². The van der Waals surface area contributed by atoms with Gasteiger partial charge in [-0.25, -0.2) is 9.78 Å². The molecule has 0 N–H and O–H groups in total. The van der Waals surface area contributed by atoms with Gasteiger partial charge in [-0.3, -0.25) is 0 Å². The van der Waals surface area contributed by atoms with Crippen molar-refractivity contribution in [2.75, 3.05) is 13.4 Å². The molecule has 0 saturated carbocycles. The molecule has 0 atom stereocenters. The minimum absolute atomic E-state index is 0.133. The summed E-state index contributed by atoms with van der Waals surface area (Å²) in [5, 5.41) is 1.14. The van der Waals surface area contributed by atoms with Crippen LogP contribution in [0.15, 0.2) is 59.8 Å². The van der Waals surface area contributed by atoms with Crippen LogP contribution in [-0.4, -0.2) is 28.9 Å². The predicted octanol–water partition coefficient (Wildman–Crippen LogP) is 6.95. The Balaban J connectivity index is 1.48. The van der Waals surface area contributed by atoms with E-state index in [2.05, 4.69) is 0 Å². The van der Waals surface area contributed by atoms with E-state index in [1.165, 1.54) is 23.9 Å². The van der Waals surface area contributed by atoms with Crippen LogP contribution in [0.4, 0.5) is 13.2 Å². The molecule has 5 rings (SSSR count). The van der Waals surface area contributed by atoms with Crippen LogP contribution in [0.5, 0.6) is 11.5 Å². The second-order valence-electron chi connectivity index (χ2n) is 8.18. The Kier molecular flexibility index (Phi) is 6.96. The van der Waals surface area contributed by atoms with Crippen LogP contribution in [0.3, 0.4) is 0 Å². The molecule has 37 heavy (non-hydrogen) atoms. The third-order valence-electron chi connectivity index (χ3n) is 5.74. The number of carbonyl (C=O) groups is 1. The van der Waals surface area contributed by atoms with Gasteiger partial charge in [-0.2, -0.15) is 13.2 Å². The lowest BCUT2D eigenvalue weighted by Gasteiger charge is -2.12. The number of esters is 1. The Labute approximate surface area is 219 Å². The van der Waals surface area contributed by atoms with Crippen LogP contribution in [0.2, 0.25) is 5.02 Å². The molecule has 0 aliphatic carbocycles. The number of hydrogen-bond acceptors (Lipinski definition) is 6. The number of alkyl halides is 3. The van der Waals surface area contributed by atoms with Crippen LogP contribution in [0.25, 0.3) is 11.0 Å². The fourth-order valence-corrected chi connectivity index (χ4v) is 5.21. The van der Waals surface area contributed by atoms with Crippen LogP contribution in [0.1, 0.15) is 34.0 Å². The summed E-state index contributed by atoms with van der Waals surface area (Å²) in [6, 6.07) is 13.6. The highest BCUT2D eigenvalue weighted by Gasteiger charge is 2.30. The first kappa shape index (κ1) is 25.3. The Morgan fingerprint density at radius 1 is 1.11 bits per heavy atom. The molecule has 0 spiro atoms. The molecule has 0 amide bonds. The first-order valence-electron chi connectivity index (χ1n) is 11.3. The molecule has 0 fully saturated rings. The van der Waals surface area contributed by atoms with E-state index in [4.69, 9.17) is 30.8 Å². The van der Waals surface area contributed by atoms with E-state index in [1.807, 2.05) is 10.6 Å². The first-order chi connectivity index (χ1) is 17.7. The number of nitrogens with zero attached hydrogens (tertiary/aromatic N) is 2. The summed E-state index contributed by atoms with van der Waals surface area (Å²) in [5.41, 5.74) is 2.44. The summed E-state index contributed by atoms with van der Waals surface area (Å²) in [7, 11) is 0. The number of imidazole rings is 1. The minimum atomic E-state index is -4.41. The van der Waals surface area contributed by atoms with Gasteiger partial charge >= 0.3 is 12.1 Å². The topological polar surface area (TPSA) is 62.6 Å². The Hall–Kier alpha value is -3.37. The number of fused-ring (bicyclic) bond motifs is 2. The summed E-state index contributed by atoms with van der Waals surface area (Å²) in [5.74, 6) is 1.19. The van der Waals surface area contributed by atoms with Crippen LogP contribution in [0, 0.1) is 0 Å². The Bertz CT molecular complexity index is 1470. The van der Waals surface area contributed by atoms with E-state index >= 15 is 0 Å². The fourth-order valence-electron chi connectivity index (χ4n) is 3.91. The number of ether oxygens (including phenoxy) is 3. The zero-order valence-corrected chi connectivity index (χ0v) is 21.0. The highest BCUT2D eigenvalue weighted by molar-refractivity contribution is 7.98. The molecule has 1 aromatic heterocycles. The highest BCUT2D eigenvalue weighted by atomic mass is 35.5. The fraction of sp³-hybridized carbons (Fsp3) is 0.231. The van der Waals surface area contributed by atoms with Gasteiger partial charge in [0.15, 0.2) is 16.7 Å². The molecule has 1 aliphatic heterocycles. The van der Waals surface area contributed by atoms with E-state index in [9.17, 15) is 18.0 Å². The van der Waals surface area contributed by atoms with Crippen molar-refractivity contribution in [1.29, 1.82) is 0 Å². The van der Waals surface area contributed by atoms with Crippen LogP contribution < -0.4 is 9.47 Å². The molecule has 11 heteroatoms. The van der Waals surface area contributed by atoms with Crippen molar-refractivity contribution >= 4 is 40.4 Å². The molecular weight excluding hydrogens is 529 g/mol. The zero-order chi connectivity index (χ0) is 26.2. The number of benzene rings is 3. The second-order valence-corrected chi connectivity index (χ2v) is 9.53. The van der Waals surface area contributed by atoms with Gasteiger partial charge in [-0.05, 0) is 54.4 Å². The van der Waals surface area contributed by atoms with E-state index in [0.29, 0.717) is 44.1 Å². The smallest absolute Gasteiger partial charge is 0.416 e.